The maximum atomic E-state index is 11.9. The molecule has 0 aromatic carbocycles. The quantitative estimate of drug-likeness (QED) is 0.660. The van der Waals surface area contributed by atoms with Gasteiger partial charge in [0, 0.05) is 22.1 Å². The summed E-state index contributed by atoms with van der Waals surface area (Å²) in [4.78, 5) is 17.0. The lowest BCUT2D eigenvalue weighted by molar-refractivity contribution is 0.0957. The zero-order chi connectivity index (χ0) is 14.5. The molecule has 20 heavy (non-hydrogen) atoms. The molecule has 7 heteroatoms. The number of hydrogen-bond acceptors (Lipinski definition) is 4. The highest BCUT2D eigenvalue weighted by Crippen LogP contribution is 2.32. The van der Waals surface area contributed by atoms with E-state index in [2.05, 4.69) is 47.5 Å². The number of carbonyl (C=O) groups is 1. The first-order chi connectivity index (χ1) is 9.56. The first-order valence-electron chi connectivity index (χ1n) is 6.20. The van der Waals surface area contributed by atoms with E-state index in [9.17, 15) is 4.79 Å². The minimum absolute atomic E-state index is 0.00788. The second kappa shape index (κ2) is 7.68. The number of thiazole rings is 1. The van der Waals surface area contributed by atoms with E-state index in [1.807, 2.05) is 13.0 Å². The highest BCUT2D eigenvalue weighted by atomic mass is 79.9. The molecular weight excluding hydrogens is 424 g/mol. The van der Waals surface area contributed by atoms with Crippen LogP contribution in [0.3, 0.4) is 0 Å². The van der Waals surface area contributed by atoms with Crippen molar-refractivity contribution >= 4 is 60.4 Å². The van der Waals surface area contributed by atoms with E-state index in [0.717, 1.165) is 38.1 Å². The summed E-state index contributed by atoms with van der Waals surface area (Å²) in [7, 11) is 0. The van der Waals surface area contributed by atoms with Gasteiger partial charge in [0.15, 0.2) is 0 Å². The van der Waals surface area contributed by atoms with Crippen molar-refractivity contribution in [3.05, 3.63) is 35.3 Å². The van der Waals surface area contributed by atoms with Crippen molar-refractivity contribution in [1.29, 1.82) is 0 Å². The molecule has 0 aliphatic rings. The van der Waals surface area contributed by atoms with Crippen LogP contribution in [-0.2, 0) is 6.42 Å². The lowest BCUT2D eigenvalue weighted by Crippen LogP contribution is -2.23. The summed E-state index contributed by atoms with van der Waals surface area (Å²) in [6.07, 6.45) is 3.01. The molecule has 108 valence electrons. The Morgan fingerprint density at radius 1 is 1.40 bits per heavy atom. The smallest absolute Gasteiger partial charge is 0.261 e. The first kappa shape index (κ1) is 16.1. The molecule has 0 saturated carbocycles. The molecule has 1 N–H and O–H groups in total. The fraction of sp³-hybridized carbons (Fsp3) is 0.385. The van der Waals surface area contributed by atoms with Crippen molar-refractivity contribution < 1.29 is 4.79 Å². The number of aryl methyl sites for hydroxylation is 2. The molecule has 1 amide bonds. The Labute approximate surface area is 143 Å². The van der Waals surface area contributed by atoms with E-state index >= 15 is 0 Å². The predicted molar refractivity (Wildman–Crippen MR) is 91.8 cm³/mol. The Bertz CT molecular complexity index is 575. The van der Waals surface area contributed by atoms with E-state index in [1.165, 1.54) is 16.3 Å². The average Bonchev–Trinajstić information content (AvgIpc) is 2.96. The van der Waals surface area contributed by atoms with Gasteiger partial charge in [0.25, 0.3) is 5.91 Å². The highest BCUT2D eigenvalue weighted by Gasteiger charge is 2.11. The van der Waals surface area contributed by atoms with Crippen LogP contribution in [0.4, 0.5) is 0 Å². The number of amides is 1. The number of halogens is 2. The number of thiophene rings is 1. The van der Waals surface area contributed by atoms with Crippen LogP contribution in [0.5, 0.6) is 0 Å². The number of unbranched alkanes of at least 4 members (excludes halogenated alkanes) is 1. The topological polar surface area (TPSA) is 42.0 Å². The molecule has 2 rings (SSSR count). The van der Waals surface area contributed by atoms with Crippen molar-refractivity contribution in [2.24, 2.45) is 0 Å². The van der Waals surface area contributed by atoms with Gasteiger partial charge in [0.2, 0.25) is 0 Å². The zero-order valence-corrected chi connectivity index (χ0v) is 15.7. The summed E-state index contributed by atoms with van der Waals surface area (Å²) >= 11 is 9.92. The number of carbonyl (C=O) groups excluding carboxylic acids is 1. The van der Waals surface area contributed by atoms with Crippen molar-refractivity contribution in [1.82, 2.24) is 10.3 Å². The van der Waals surface area contributed by atoms with Gasteiger partial charge in [-0.25, -0.2) is 4.98 Å². The van der Waals surface area contributed by atoms with E-state index < -0.39 is 0 Å². The van der Waals surface area contributed by atoms with Gasteiger partial charge >= 0.3 is 0 Å². The lowest BCUT2D eigenvalue weighted by Gasteiger charge is -2.02. The molecule has 0 unspecified atom stereocenters. The molecule has 0 fully saturated rings. The number of aromatic nitrogens is 1. The van der Waals surface area contributed by atoms with Gasteiger partial charge in [-0.2, -0.15) is 0 Å². The zero-order valence-electron chi connectivity index (χ0n) is 10.9. The number of nitrogens with zero attached hydrogens (tertiary/aromatic N) is 1. The Morgan fingerprint density at radius 2 is 2.20 bits per heavy atom. The van der Waals surface area contributed by atoms with Crippen LogP contribution in [0.2, 0.25) is 0 Å². The maximum absolute atomic E-state index is 11.9. The summed E-state index contributed by atoms with van der Waals surface area (Å²) in [5.41, 5.74) is 1.09. The molecule has 0 aliphatic carbocycles. The van der Waals surface area contributed by atoms with Crippen molar-refractivity contribution in [3.63, 3.8) is 0 Å². The summed E-state index contributed by atoms with van der Waals surface area (Å²) < 4.78 is 1.87. The van der Waals surface area contributed by atoms with E-state index in [1.54, 1.807) is 11.3 Å². The Hall–Kier alpha value is -0.240. The van der Waals surface area contributed by atoms with Gasteiger partial charge < -0.3 is 5.32 Å². The minimum Gasteiger partial charge on any atom is -0.351 e. The third-order valence-corrected chi connectivity index (χ3v) is 6.92. The van der Waals surface area contributed by atoms with Gasteiger partial charge in [0.05, 0.1) is 13.7 Å². The molecule has 3 nitrogen and oxygen atoms in total. The number of rotatable bonds is 6. The highest BCUT2D eigenvalue weighted by molar-refractivity contribution is 9.13. The van der Waals surface area contributed by atoms with Crippen LogP contribution < -0.4 is 5.32 Å². The van der Waals surface area contributed by atoms with Gasteiger partial charge in [-0.05, 0) is 64.1 Å². The molecule has 0 bridgehead atoms. The summed E-state index contributed by atoms with van der Waals surface area (Å²) in [6, 6.07) is 1.84. The molecule has 2 aromatic heterocycles. The van der Waals surface area contributed by atoms with Gasteiger partial charge in [-0.1, -0.05) is 0 Å². The molecule has 0 radical (unpaired) electrons. The summed E-state index contributed by atoms with van der Waals surface area (Å²) in [5.74, 6) is -0.00788. The first-order valence-corrected chi connectivity index (χ1v) is 9.48. The predicted octanol–water partition coefficient (Wildman–Crippen LogP) is 4.79. The van der Waals surface area contributed by atoms with Crippen LogP contribution in [0.15, 0.2) is 19.7 Å². The number of nitrogens with one attached hydrogen (secondary N) is 1. The number of hydrogen-bond donors (Lipinski definition) is 1. The van der Waals surface area contributed by atoms with E-state index in [-0.39, 0.29) is 5.91 Å². The van der Waals surface area contributed by atoms with Gasteiger partial charge in [0.1, 0.15) is 0 Å². The SMILES string of the molecule is Cc1csc(CCCCNC(=O)c2cc(Br)c(Br)s2)n1. The summed E-state index contributed by atoms with van der Waals surface area (Å²) in [5, 5.41) is 6.20. The summed E-state index contributed by atoms with van der Waals surface area (Å²) in [6.45, 7) is 2.72. The molecule has 0 spiro atoms. The van der Waals surface area contributed by atoms with Crippen LogP contribution in [0.1, 0.15) is 33.2 Å². The van der Waals surface area contributed by atoms with Crippen molar-refractivity contribution in [2.45, 2.75) is 26.2 Å². The fourth-order valence-electron chi connectivity index (χ4n) is 1.67. The van der Waals surface area contributed by atoms with Crippen molar-refractivity contribution in [3.8, 4) is 0 Å². The molecular formula is C13H14Br2N2OS2. The van der Waals surface area contributed by atoms with Crippen LogP contribution in [-0.4, -0.2) is 17.4 Å². The maximum Gasteiger partial charge on any atom is 0.261 e. The Morgan fingerprint density at radius 3 is 2.80 bits per heavy atom. The van der Waals surface area contributed by atoms with E-state index in [4.69, 9.17) is 0 Å². The van der Waals surface area contributed by atoms with Crippen LogP contribution in [0.25, 0.3) is 0 Å². The standard InChI is InChI=1S/C13H14Br2N2OS2/c1-8-7-19-11(17-8)4-2-3-5-16-13(18)10-6-9(14)12(15)20-10/h6-7H,2-5H2,1H3,(H,16,18). The molecule has 0 saturated heterocycles. The lowest BCUT2D eigenvalue weighted by atomic mass is 10.2. The molecule has 0 atom stereocenters. The Balaban J connectivity index is 1.67. The molecule has 2 heterocycles. The minimum atomic E-state index is -0.00788. The Kier molecular flexibility index (Phi) is 6.20. The van der Waals surface area contributed by atoms with Crippen molar-refractivity contribution in [2.75, 3.05) is 6.54 Å². The third-order valence-electron chi connectivity index (χ3n) is 2.64. The largest absolute Gasteiger partial charge is 0.351 e. The van der Waals surface area contributed by atoms with Gasteiger partial charge in [-0.15, -0.1) is 22.7 Å². The second-order valence-electron chi connectivity index (χ2n) is 4.33. The van der Waals surface area contributed by atoms with Crippen LogP contribution >= 0.6 is 54.5 Å². The average molecular weight is 438 g/mol. The second-order valence-corrected chi connectivity index (χ2v) is 8.50. The van der Waals surface area contributed by atoms with Gasteiger partial charge in [-0.3, -0.25) is 4.79 Å². The normalized spacial score (nSPS) is 10.8. The third kappa shape index (κ3) is 4.65. The monoisotopic (exact) mass is 436 g/mol. The molecule has 2 aromatic rings. The van der Waals surface area contributed by atoms with E-state index in [0.29, 0.717) is 6.54 Å². The molecule has 0 aliphatic heterocycles. The fourth-order valence-corrected chi connectivity index (χ4v) is 4.44. The van der Waals surface area contributed by atoms with Crippen LogP contribution in [0, 0.1) is 6.92 Å².